The smallest absolute Gasteiger partial charge is 0.240 e. The van der Waals surface area contributed by atoms with Crippen LogP contribution in [0.4, 0.5) is 0 Å². The number of carbonyl (C=O) groups excluding carboxylic acids is 1. The SMILES string of the molecule is C[C@H](CNS(=O)(=O)c1ccc([C@H]2CNC(=O)C2)cc1)OC12CC3CC(CC(C3)C1)C2. The van der Waals surface area contributed by atoms with Crippen molar-refractivity contribution in [3.63, 3.8) is 0 Å². The first-order valence-corrected chi connectivity index (χ1v) is 12.8. The van der Waals surface area contributed by atoms with Crippen LogP contribution in [0.5, 0.6) is 0 Å². The maximum absolute atomic E-state index is 12.8. The number of ether oxygens (including phenoxy) is 1. The van der Waals surface area contributed by atoms with E-state index in [1.54, 1.807) is 12.1 Å². The van der Waals surface area contributed by atoms with Crippen molar-refractivity contribution in [3.05, 3.63) is 29.8 Å². The van der Waals surface area contributed by atoms with Crippen LogP contribution in [-0.2, 0) is 19.6 Å². The molecule has 1 saturated heterocycles. The summed E-state index contributed by atoms with van der Waals surface area (Å²) in [5, 5.41) is 2.82. The van der Waals surface area contributed by atoms with Gasteiger partial charge < -0.3 is 10.1 Å². The van der Waals surface area contributed by atoms with Crippen LogP contribution in [0.25, 0.3) is 0 Å². The van der Waals surface area contributed by atoms with Gasteiger partial charge >= 0.3 is 0 Å². The highest BCUT2D eigenvalue weighted by Gasteiger charge is 2.52. The number of hydrogen-bond acceptors (Lipinski definition) is 4. The summed E-state index contributed by atoms with van der Waals surface area (Å²) in [4.78, 5) is 11.7. The molecular formula is C23H32N2O4S. The second-order valence-corrected chi connectivity index (χ2v) is 11.9. The zero-order valence-corrected chi connectivity index (χ0v) is 18.4. The quantitative estimate of drug-likeness (QED) is 0.694. The molecule has 30 heavy (non-hydrogen) atoms. The lowest BCUT2D eigenvalue weighted by Gasteiger charge is -2.57. The van der Waals surface area contributed by atoms with Gasteiger partial charge in [-0.05, 0) is 80.9 Å². The normalized spacial score (nSPS) is 36.1. The molecule has 164 valence electrons. The fourth-order valence-electron chi connectivity index (χ4n) is 6.71. The average Bonchev–Trinajstić information content (AvgIpc) is 3.12. The number of carbonyl (C=O) groups is 1. The standard InChI is InChI=1S/C23H32N2O4S/c1-15(29-23-10-16-6-17(11-23)8-18(7-16)12-23)13-25-30(27,28)21-4-2-19(3-5-21)20-9-22(26)24-14-20/h2-5,15-18,20,25H,6-14H2,1H3,(H,24,26)/t15-,16?,17?,18?,20-,23?/m1/s1. The molecule has 2 N–H and O–H groups in total. The van der Waals surface area contributed by atoms with Crippen LogP contribution in [-0.4, -0.2) is 39.1 Å². The monoisotopic (exact) mass is 432 g/mol. The largest absolute Gasteiger partial charge is 0.371 e. The summed E-state index contributed by atoms with van der Waals surface area (Å²) in [6, 6.07) is 6.89. The molecule has 1 aromatic rings. The van der Waals surface area contributed by atoms with Gasteiger partial charge in [-0.15, -0.1) is 0 Å². The molecule has 1 aliphatic heterocycles. The summed E-state index contributed by atoms with van der Waals surface area (Å²) < 4.78 is 34.8. The van der Waals surface area contributed by atoms with Crippen molar-refractivity contribution < 1.29 is 17.9 Å². The first-order valence-electron chi connectivity index (χ1n) is 11.3. The molecule has 4 aliphatic carbocycles. The highest BCUT2D eigenvalue weighted by Crippen LogP contribution is 2.57. The van der Waals surface area contributed by atoms with Gasteiger partial charge in [0.1, 0.15) is 0 Å². The van der Waals surface area contributed by atoms with Crippen molar-refractivity contribution >= 4 is 15.9 Å². The molecule has 6 rings (SSSR count). The third kappa shape index (κ3) is 4.04. The Labute approximate surface area is 179 Å². The van der Waals surface area contributed by atoms with Gasteiger partial charge in [0, 0.05) is 25.4 Å². The van der Waals surface area contributed by atoms with E-state index in [4.69, 9.17) is 4.74 Å². The first kappa shape index (κ1) is 20.5. The van der Waals surface area contributed by atoms with Gasteiger partial charge in [0.15, 0.2) is 0 Å². The summed E-state index contributed by atoms with van der Waals surface area (Å²) in [6.45, 7) is 2.88. The molecule has 0 radical (unpaired) electrons. The minimum Gasteiger partial charge on any atom is -0.371 e. The van der Waals surface area contributed by atoms with Gasteiger partial charge in [0.05, 0.1) is 16.6 Å². The molecular weight excluding hydrogens is 400 g/mol. The van der Waals surface area contributed by atoms with Crippen LogP contribution >= 0.6 is 0 Å². The third-order valence-corrected chi connectivity index (χ3v) is 9.07. The van der Waals surface area contributed by atoms with Crippen LogP contribution in [0, 0.1) is 17.8 Å². The molecule has 1 aromatic carbocycles. The minimum atomic E-state index is -3.59. The molecule has 4 bridgehead atoms. The molecule has 5 aliphatic rings. The summed E-state index contributed by atoms with van der Waals surface area (Å²) in [7, 11) is -3.59. The van der Waals surface area contributed by atoms with Gasteiger partial charge in [-0.3, -0.25) is 4.79 Å². The Morgan fingerprint density at radius 3 is 2.23 bits per heavy atom. The predicted molar refractivity (Wildman–Crippen MR) is 113 cm³/mol. The van der Waals surface area contributed by atoms with E-state index < -0.39 is 10.0 Å². The van der Waals surface area contributed by atoms with Crippen LogP contribution in [0.3, 0.4) is 0 Å². The van der Waals surface area contributed by atoms with Crippen LogP contribution in [0.1, 0.15) is 63.4 Å². The molecule has 1 amide bonds. The topological polar surface area (TPSA) is 84.5 Å². The van der Waals surface area contributed by atoms with E-state index in [1.165, 1.54) is 19.3 Å². The van der Waals surface area contributed by atoms with Gasteiger partial charge in [0.25, 0.3) is 0 Å². The molecule has 1 heterocycles. The molecule has 2 atom stereocenters. The molecule has 7 heteroatoms. The van der Waals surface area contributed by atoms with E-state index in [-0.39, 0.29) is 35.0 Å². The van der Waals surface area contributed by atoms with E-state index in [0.29, 0.717) is 13.0 Å². The second kappa shape index (κ2) is 7.61. The zero-order chi connectivity index (χ0) is 20.9. The molecule has 6 nitrogen and oxygen atoms in total. The molecule has 4 saturated carbocycles. The van der Waals surface area contributed by atoms with Crippen molar-refractivity contribution in [2.24, 2.45) is 17.8 Å². The summed E-state index contributed by atoms with van der Waals surface area (Å²) in [5.41, 5.74) is 0.972. The van der Waals surface area contributed by atoms with Crippen LogP contribution in [0.15, 0.2) is 29.2 Å². The molecule has 5 fully saturated rings. The van der Waals surface area contributed by atoms with Crippen molar-refractivity contribution in [1.82, 2.24) is 10.0 Å². The van der Waals surface area contributed by atoms with E-state index in [0.717, 1.165) is 42.6 Å². The van der Waals surface area contributed by atoms with Gasteiger partial charge in [-0.1, -0.05) is 12.1 Å². The van der Waals surface area contributed by atoms with E-state index in [1.807, 2.05) is 19.1 Å². The Morgan fingerprint density at radius 1 is 1.10 bits per heavy atom. The van der Waals surface area contributed by atoms with E-state index in [9.17, 15) is 13.2 Å². The number of rotatable bonds is 7. The molecule has 0 spiro atoms. The van der Waals surface area contributed by atoms with Gasteiger partial charge in [-0.2, -0.15) is 0 Å². The third-order valence-electron chi connectivity index (χ3n) is 7.63. The van der Waals surface area contributed by atoms with Crippen LogP contribution in [0.2, 0.25) is 0 Å². The fourth-order valence-corrected chi connectivity index (χ4v) is 7.83. The maximum atomic E-state index is 12.8. The number of hydrogen-bond donors (Lipinski definition) is 2. The lowest BCUT2D eigenvalue weighted by atomic mass is 9.54. The summed E-state index contributed by atoms with van der Waals surface area (Å²) >= 11 is 0. The highest BCUT2D eigenvalue weighted by atomic mass is 32.2. The number of sulfonamides is 1. The highest BCUT2D eigenvalue weighted by molar-refractivity contribution is 7.89. The van der Waals surface area contributed by atoms with Crippen molar-refractivity contribution in [2.75, 3.05) is 13.1 Å². The lowest BCUT2D eigenvalue weighted by molar-refractivity contribution is -0.182. The Kier molecular flexibility index (Phi) is 5.19. The Balaban J connectivity index is 1.18. The number of nitrogens with one attached hydrogen (secondary N) is 2. The Bertz CT molecular complexity index is 876. The Morgan fingerprint density at radius 2 is 1.70 bits per heavy atom. The van der Waals surface area contributed by atoms with Crippen molar-refractivity contribution in [1.29, 1.82) is 0 Å². The predicted octanol–water partition coefficient (Wildman–Crippen LogP) is 2.94. The molecule has 0 unspecified atom stereocenters. The van der Waals surface area contributed by atoms with Crippen LogP contribution < -0.4 is 10.0 Å². The maximum Gasteiger partial charge on any atom is 0.240 e. The molecule has 0 aromatic heterocycles. The minimum absolute atomic E-state index is 0.0198. The summed E-state index contributed by atoms with van der Waals surface area (Å²) in [5.74, 6) is 2.60. The Hall–Kier alpha value is -1.44. The fraction of sp³-hybridized carbons (Fsp3) is 0.696. The summed E-state index contributed by atoms with van der Waals surface area (Å²) in [6.07, 6.45) is 7.86. The lowest BCUT2D eigenvalue weighted by Crippen LogP contribution is -2.53. The van der Waals surface area contributed by atoms with Crippen molar-refractivity contribution in [3.8, 4) is 0 Å². The first-order chi connectivity index (χ1) is 14.3. The van der Waals surface area contributed by atoms with E-state index >= 15 is 0 Å². The number of amides is 1. The number of benzene rings is 1. The van der Waals surface area contributed by atoms with Gasteiger partial charge in [0.2, 0.25) is 15.9 Å². The average molecular weight is 433 g/mol. The zero-order valence-electron chi connectivity index (χ0n) is 17.6. The van der Waals surface area contributed by atoms with E-state index in [2.05, 4.69) is 10.0 Å². The van der Waals surface area contributed by atoms with Crippen molar-refractivity contribution in [2.45, 2.75) is 74.4 Å². The second-order valence-electron chi connectivity index (χ2n) is 10.2. The van der Waals surface area contributed by atoms with Gasteiger partial charge in [-0.25, -0.2) is 13.1 Å².